The Labute approximate surface area is 92.6 Å². The maximum atomic E-state index is 6.15. The maximum absolute atomic E-state index is 6.15. The molecular formula is C11H11ClN2O. The number of aromatic nitrogens is 2. The van der Waals surface area contributed by atoms with E-state index in [4.69, 9.17) is 16.3 Å². The summed E-state index contributed by atoms with van der Waals surface area (Å²) in [7, 11) is 0. The van der Waals surface area contributed by atoms with Crippen LogP contribution in [0.4, 0.5) is 0 Å². The van der Waals surface area contributed by atoms with Gasteiger partial charge in [0.25, 0.3) is 0 Å². The van der Waals surface area contributed by atoms with Gasteiger partial charge in [-0.3, -0.25) is 4.40 Å². The highest BCUT2D eigenvalue weighted by Gasteiger charge is 2.22. The lowest BCUT2D eigenvalue weighted by atomic mass is 10.2. The maximum Gasteiger partial charge on any atom is 0.143 e. The van der Waals surface area contributed by atoms with Crippen molar-refractivity contribution in [2.45, 2.75) is 18.9 Å². The molecule has 1 aliphatic rings. The Bertz CT molecular complexity index is 488. The number of hydrogen-bond donors (Lipinski definition) is 0. The van der Waals surface area contributed by atoms with Crippen molar-refractivity contribution in [3.63, 3.8) is 0 Å². The monoisotopic (exact) mass is 222 g/mol. The van der Waals surface area contributed by atoms with Gasteiger partial charge in [0.1, 0.15) is 17.1 Å². The summed E-state index contributed by atoms with van der Waals surface area (Å²) in [6, 6.07) is 5.80. The molecule has 2 aromatic heterocycles. The van der Waals surface area contributed by atoms with Gasteiger partial charge in [0.05, 0.1) is 11.7 Å². The average Bonchev–Trinajstić information content (AvgIpc) is 2.85. The summed E-state index contributed by atoms with van der Waals surface area (Å²) in [5, 5.41) is 0.690. The molecule has 0 amide bonds. The van der Waals surface area contributed by atoms with E-state index in [9.17, 15) is 0 Å². The Morgan fingerprint density at radius 1 is 1.47 bits per heavy atom. The topological polar surface area (TPSA) is 26.5 Å². The first-order chi connectivity index (χ1) is 7.36. The number of nitrogens with zero attached hydrogens (tertiary/aromatic N) is 2. The third-order valence-corrected chi connectivity index (χ3v) is 3.04. The minimum absolute atomic E-state index is 0.104. The second kappa shape index (κ2) is 3.51. The van der Waals surface area contributed by atoms with Crippen LogP contribution >= 0.6 is 11.6 Å². The second-order valence-electron chi connectivity index (χ2n) is 3.73. The number of pyridine rings is 1. The molecular weight excluding hydrogens is 212 g/mol. The zero-order valence-corrected chi connectivity index (χ0v) is 8.94. The first-order valence-corrected chi connectivity index (χ1v) is 5.47. The van der Waals surface area contributed by atoms with Gasteiger partial charge >= 0.3 is 0 Å². The fraction of sp³-hybridized carbons (Fsp3) is 0.364. The molecule has 3 nitrogen and oxygen atoms in total. The average molecular weight is 223 g/mol. The van der Waals surface area contributed by atoms with Crippen molar-refractivity contribution in [3.05, 3.63) is 35.4 Å². The molecule has 0 aliphatic carbocycles. The SMILES string of the molecule is Clc1cccc2cnc(C3CCCO3)n12. The number of halogens is 1. The van der Waals surface area contributed by atoms with Gasteiger partial charge < -0.3 is 4.74 Å². The molecule has 0 N–H and O–H groups in total. The van der Waals surface area contributed by atoms with E-state index >= 15 is 0 Å². The minimum Gasteiger partial charge on any atom is -0.370 e. The molecule has 3 heterocycles. The predicted octanol–water partition coefficient (Wildman–Crippen LogP) is 2.84. The van der Waals surface area contributed by atoms with Crippen molar-refractivity contribution in [2.75, 3.05) is 6.61 Å². The molecule has 0 bridgehead atoms. The van der Waals surface area contributed by atoms with E-state index in [1.165, 1.54) is 0 Å². The molecule has 1 unspecified atom stereocenters. The fourth-order valence-electron chi connectivity index (χ4n) is 2.04. The van der Waals surface area contributed by atoms with Gasteiger partial charge in [-0.05, 0) is 25.0 Å². The van der Waals surface area contributed by atoms with Gasteiger partial charge in [-0.15, -0.1) is 0 Å². The third-order valence-electron chi connectivity index (χ3n) is 2.75. The molecule has 3 rings (SSSR count). The number of rotatable bonds is 1. The Balaban J connectivity index is 2.18. The van der Waals surface area contributed by atoms with Gasteiger partial charge in [0.2, 0.25) is 0 Å². The van der Waals surface area contributed by atoms with Crippen molar-refractivity contribution in [1.29, 1.82) is 0 Å². The summed E-state index contributed by atoms with van der Waals surface area (Å²) in [6.45, 7) is 0.823. The van der Waals surface area contributed by atoms with E-state index in [1.807, 2.05) is 28.8 Å². The first-order valence-electron chi connectivity index (χ1n) is 5.10. The standard InChI is InChI=1S/C11H11ClN2O/c12-10-5-1-3-8-7-13-11(14(8)10)9-4-2-6-15-9/h1,3,5,7,9H,2,4,6H2. The highest BCUT2D eigenvalue weighted by Crippen LogP contribution is 2.29. The van der Waals surface area contributed by atoms with Crippen LogP contribution in [0.3, 0.4) is 0 Å². The van der Waals surface area contributed by atoms with E-state index in [0.717, 1.165) is 30.8 Å². The summed E-state index contributed by atoms with van der Waals surface area (Å²) in [5.74, 6) is 0.924. The highest BCUT2D eigenvalue weighted by molar-refractivity contribution is 6.29. The van der Waals surface area contributed by atoms with Crippen LogP contribution in [0.2, 0.25) is 5.15 Å². The van der Waals surface area contributed by atoms with Gasteiger partial charge in [-0.1, -0.05) is 17.7 Å². The Morgan fingerprint density at radius 3 is 3.20 bits per heavy atom. The molecule has 1 saturated heterocycles. The molecule has 1 atom stereocenters. The van der Waals surface area contributed by atoms with Gasteiger partial charge in [0, 0.05) is 6.61 Å². The molecule has 0 aromatic carbocycles. The molecule has 0 radical (unpaired) electrons. The van der Waals surface area contributed by atoms with Crippen molar-refractivity contribution in [3.8, 4) is 0 Å². The lowest BCUT2D eigenvalue weighted by molar-refractivity contribution is 0.104. The van der Waals surface area contributed by atoms with Crippen LogP contribution < -0.4 is 0 Å². The third kappa shape index (κ3) is 1.43. The Morgan fingerprint density at radius 2 is 2.40 bits per heavy atom. The van der Waals surface area contributed by atoms with E-state index < -0.39 is 0 Å². The first kappa shape index (κ1) is 9.19. The van der Waals surface area contributed by atoms with Crippen LogP contribution in [0, 0.1) is 0 Å². The summed E-state index contributed by atoms with van der Waals surface area (Å²) < 4.78 is 7.57. The molecule has 4 heteroatoms. The number of ether oxygens (including phenoxy) is 1. The highest BCUT2D eigenvalue weighted by atomic mass is 35.5. The van der Waals surface area contributed by atoms with Crippen LogP contribution in [-0.4, -0.2) is 16.0 Å². The predicted molar refractivity (Wildman–Crippen MR) is 58.1 cm³/mol. The largest absolute Gasteiger partial charge is 0.370 e. The molecule has 0 saturated carbocycles. The normalized spacial score (nSPS) is 21.3. The van der Waals surface area contributed by atoms with Crippen LogP contribution in [0.15, 0.2) is 24.4 Å². The number of imidazole rings is 1. The number of fused-ring (bicyclic) bond motifs is 1. The van der Waals surface area contributed by atoms with Crippen molar-refractivity contribution in [1.82, 2.24) is 9.38 Å². The smallest absolute Gasteiger partial charge is 0.143 e. The van der Waals surface area contributed by atoms with E-state index in [1.54, 1.807) is 0 Å². The lowest BCUT2D eigenvalue weighted by Crippen LogP contribution is -2.03. The zero-order valence-electron chi connectivity index (χ0n) is 8.19. The number of hydrogen-bond acceptors (Lipinski definition) is 2. The van der Waals surface area contributed by atoms with Crippen molar-refractivity contribution < 1.29 is 4.74 Å². The van der Waals surface area contributed by atoms with Gasteiger partial charge in [-0.2, -0.15) is 0 Å². The molecule has 1 fully saturated rings. The van der Waals surface area contributed by atoms with Crippen molar-refractivity contribution >= 4 is 17.1 Å². The van der Waals surface area contributed by atoms with Crippen LogP contribution in [-0.2, 0) is 4.74 Å². The van der Waals surface area contributed by atoms with Gasteiger partial charge in [-0.25, -0.2) is 4.98 Å². The Hall–Kier alpha value is -1.06. The summed E-state index contributed by atoms with van der Waals surface area (Å²) >= 11 is 6.15. The second-order valence-corrected chi connectivity index (χ2v) is 4.11. The minimum atomic E-state index is 0.104. The summed E-state index contributed by atoms with van der Waals surface area (Å²) in [4.78, 5) is 4.39. The molecule has 78 valence electrons. The quantitative estimate of drug-likeness (QED) is 0.694. The molecule has 15 heavy (non-hydrogen) atoms. The lowest BCUT2D eigenvalue weighted by Gasteiger charge is -2.09. The molecule has 2 aromatic rings. The summed E-state index contributed by atoms with van der Waals surface area (Å²) in [5.41, 5.74) is 1.02. The fourth-order valence-corrected chi connectivity index (χ4v) is 2.30. The van der Waals surface area contributed by atoms with Crippen LogP contribution in [0.25, 0.3) is 5.52 Å². The van der Waals surface area contributed by atoms with Crippen molar-refractivity contribution in [2.24, 2.45) is 0 Å². The van der Waals surface area contributed by atoms with Crippen LogP contribution in [0.1, 0.15) is 24.8 Å². The van der Waals surface area contributed by atoms with E-state index in [2.05, 4.69) is 4.98 Å². The van der Waals surface area contributed by atoms with Gasteiger partial charge in [0.15, 0.2) is 0 Å². The van der Waals surface area contributed by atoms with Crippen LogP contribution in [0.5, 0.6) is 0 Å². The summed E-state index contributed by atoms with van der Waals surface area (Å²) in [6.07, 6.45) is 4.07. The zero-order chi connectivity index (χ0) is 10.3. The molecule has 1 aliphatic heterocycles. The van der Waals surface area contributed by atoms with E-state index in [-0.39, 0.29) is 6.10 Å². The molecule has 0 spiro atoms. The van der Waals surface area contributed by atoms with E-state index in [0.29, 0.717) is 5.15 Å². The Kier molecular flexibility index (Phi) is 2.15.